The summed E-state index contributed by atoms with van der Waals surface area (Å²) in [4.78, 5) is 0. The highest BCUT2D eigenvalue weighted by molar-refractivity contribution is 6.08. The van der Waals surface area contributed by atoms with Crippen molar-refractivity contribution in [3.05, 3.63) is 47.5 Å². The van der Waals surface area contributed by atoms with Crippen molar-refractivity contribution in [1.82, 2.24) is 0 Å². The molecule has 0 amide bonds. The lowest BCUT2D eigenvalue weighted by Crippen LogP contribution is -2.54. The number of alkyl halides is 12. The molecule has 16 heteroatoms. The first-order chi connectivity index (χ1) is 16.0. The lowest BCUT2D eigenvalue weighted by molar-refractivity contribution is -0.376. The molecule has 0 aromatic heterocycles. The molecule has 36 heavy (non-hydrogen) atoms. The van der Waals surface area contributed by atoms with Gasteiger partial charge >= 0.3 is 24.7 Å². The third kappa shape index (κ3) is 3.65. The molecule has 6 N–H and O–H groups in total. The van der Waals surface area contributed by atoms with E-state index in [2.05, 4.69) is 0 Å². The minimum absolute atomic E-state index is 0.159. The first-order valence-corrected chi connectivity index (χ1v) is 9.27. The molecule has 0 unspecified atom stereocenters. The van der Waals surface area contributed by atoms with E-state index in [1.165, 1.54) is 0 Å². The van der Waals surface area contributed by atoms with Gasteiger partial charge in [0.15, 0.2) is 0 Å². The number of hydrogen-bond acceptors (Lipinski definition) is 4. The minimum atomic E-state index is -6.27. The lowest BCUT2D eigenvalue weighted by atomic mass is 9.86. The molecular weight excluding hydrogens is 528 g/mol. The summed E-state index contributed by atoms with van der Waals surface area (Å²) in [6.07, 6.45) is -25.1. The molecule has 0 aliphatic rings. The van der Waals surface area contributed by atoms with Gasteiger partial charge in [-0.3, -0.25) is 0 Å². The fraction of sp³-hybridized carbons (Fsp3) is 0.300. The number of hydrogen-bond donors (Lipinski definition) is 4. The van der Waals surface area contributed by atoms with Gasteiger partial charge in [-0.05, 0) is 22.9 Å². The van der Waals surface area contributed by atoms with Crippen molar-refractivity contribution in [2.75, 3.05) is 11.5 Å². The summed E-state index contributed by atoms with van der Waals surface area (Å²) in [5.41, 5.74) is -5.80. The van der Waals surface area contributed by atoms with Gasteiger partial charge in [-0.25, -0.2) is 0 Å². The fourth-order valence-electron chi connectivity index (χ4n) is 3.75. The van der Waals surface area contributed by atoms with Gasteiger partial charge in [-0.2, -0.15) is 52.7 Å². The van der Waals surface area contributed by atoms with E-state index in [4.69, 9.17) is 11.5 Å². The second-order valence-corrected chi connectivity index (χ2v) is 7.76. The summed E-state index contributed by atoms with van der Waals surface area (Å²) in [5.74, 6) is 0. The van der Waals surface area contributed by atoms with Gasteiger partial charge in [0.05, 0.1) is 0 Å². The predicted molar refractivity (Wildman–Crippen MR) is 102 cm³/mol. The van der Waals surface area contributed by atoms with Crippen LogP contribution in [0.5, 0.6) is 0 Å². The van der Waals surface area contributed by atoms with Crippen molar-refractivity contribution in [2.45, 2.75) is 35.9 Å². The molecule has 0 bridgehead atoms. The van der Waals surface area contributed by atoms with Crippen molar-refractivity contribution in [1.29, 1.82) is 0 Å². The van der Waals surface area contributed by atoms with Crippen molar-refractivity contribution >= 4 is 32.9 Å². The second-order valence-electron chi connectivity index (χ2n) is 7.76. The smallest absolute Gasteiger partial charge is 0.398 e. The number of halogens is 12. The Morgan fingerprint density at radius 3 is 0.944 bits per heavy atom. The number of rotatable bonds is 2. The van der Waals surface area contributed by atoms with Crippen LogP contribution in [0.4, 0.5) is 64.1 Å². The van der Waals surface area contributed by atoms with Gasteiger partial charge in [0, 0.05) is 33.3 Å². The Kier molecular flexibility index (Phi) is 5.85. The Bertz CT molecular complexity index is 1210. The van der Waals surface area contributed by atoms with Gasteiger partial charge in [0.2, 0.25) is 0 Å². The Morgan fingerprint density at radius 1 is 0.472 bits per heavy atom. The van der Waals surface area contributed by atoms with Crippen LogP contribution in [-0.2, 0) is 11.2 Å². The maximum absolute atomic E-state index is 13.3. The first kappa shape index (κ1) is 27.4. The van der Waals surface area contributed by atoms with Gasteiger partial charge in [-0.1, -0.05) is 24.3 Å². The number of benzene rings is 3. The van der Waals surface area contributed by atoms with Crippen molar-refractivity contribution < 1.29 is 62.9 Å². The quantitative estimate of drug-likeness (QED) is 0.188. The Labute approximate surface area is 191 Å². The number of anilines is 2. The third-order valence-corrected chi connectivity index (χ3v) is 5.66. The molecule has 0 saturated carbocycles. The molecule has 0 aliphatic heterocycles. The number of nitrogen functional groups attached to an aromatic ring is 2. The van der Waals surface area contributed by atoms with Gasteiger partial charge in [0.25, 0.3) is 11.2 Å². The zero-order chi connectivity index (χ0) is 27.9. The van der Waals surface area contributed by atoms with E-state index in [0.717, 1.165) is 12.1 Å². The zero-order valence-electron chi connectivity index (χ0n) is 17.0. The van der Waals surface area contributed by atoms with Gasteiger partial charge < -0.3 is 21.7 Å². The highest BCUT2D eigenvalue weighted by Crippen LogP contribution is 2.54. The van der Waals surface area contributed by atoms with Crippen molar-refractivity contribution in [2.24, 2.45) is 0 Å². The van der Waals surface area contributed by atoms with E-state index in [1.54, 1.807) is 0 Å². The molecule has 0 atom stereocenters. The van der Waals surface area contributed by atoms with Crippen molar-refractivity contribution in [3.8, 4) is 0 Å². The summed E-state index contributed by atoms with van der Waals surface area (Å²) in [6, 6.07) is 3.00. The van der Waals surface area contributed by atoms with E-state index in [9.17, 15) is 62.9 Å². The zero-order valence-corrected chi connectivity index (χ0v) is 17.0. The molecule has 0 spiro atoms. The topological polar surface area (TPSA) is 92.5 Å². The van der Waals surface area contributed by atoms with E-state index in [-0.39, 0.29) is 22.9 Å². The molecule has 0 fully saturated rings. The van der Waals surface area contributed by atoms with Crippen LogP contribution in [0.3, 0.4) is 0 Å². The molecule has 198 valence electrons. The molecule has 4 nitrogen and oxygen atoms in total. The molecule has 0 aliphatic carbocycles. The van der Waals surface area contributed by atoms with E-state index >= 15 is 0 Å². The standard InChI is InChI=1S/C20H12F12N2O2/c21-17(22,23)15(35,18(24,25)26)11-3-1-7-5-10-8(6-9(7)13(11)33)2-4-12(14(10)34)16(36,19(27,28)29)20(30,31)32/h1-6,35-36H,33-34H2. The van der Waals surface area contributed by atoms with Crippen LogP contribution < -0.4 is 11.5 Å². The van der Waals surface area contributed by atoms with Crippen molar-refractivity contribution in [3.63, 3.8) is 0 Å². The Morgan fingerprint density at radius 2 is 0.722 bits per heavy atom. The summed E-state index contributed by atoms with van der Waals surface area (Å²) in [7, 11) is 0. The fourth-order valence-corrected chi connectivity index (χ4v) is 3.75. The molecule has 0 saturated heterocycles. The second kappa shape index (κ2) is 7.68. The Balaban J connectivity index is 2.37. The normalized spacial score (nSPS) is 14.6. The Hall–Kier alpha value is -3.14. The van der Waals surface area contributed by atoms with Gasteiger partial charge in [0.1, 0.15) is 0 Å². The third-order valence-electron chi connectivity index (χ3n) is 5.66. The summed E-state index contributed by atoms with van der Waals surface area (Å²) >= 11 is 0. The summed E-state index contributed by atoms with van der Waals surface area (Å²) in [6.45, 7) is 0. The molecule has 3 rings (SSSR count). The van der Waals surface area contributed by atoms with E-state index in [0.29, 0.717) is 12.1 Å². The highest BCUT2D eigenvalue weighted by atomic mass is 19.4. The average molecular weight is 540 g/mol. The lowest BCUT2D eigenvalue weighted by Gasteiger charge is -2.34. The number of aliphatic hydroxyl groups is 2. The van der Waals surface area contributed by atoms with E-state index < -0.39 is 69.2 Å². The molecular formula is C20H12F12N2O2. The minimum Gasteiger partial charge on any atom is -0.398 e. The SMILES string of the molecule is Nc1c(C(O)(C(F)(F)F)C(F)(F)F)ccc2cc3c(N)c(C(O)(C(F)(F)F)C(F)(F)F)ccc3cc12. The van der Waals surface area contributed by atoms with Crippen LogP contribution >= 0.6 is 0 Å². The van der Waals surface area contributed by atoms with Crippen LogP contribution in [0.1, 0.15) is 11.1 Å². The predicted octanol–water partition coefficient (Wildman–Crippen LogP) is 5.78. The first-order valence-electron chi connectivity index (χ1n) is 9.27. The number of fused-ring (bicyclic) bond motifs is 2. The molecule has 0 radical (unpaired) electrons. The number of nitrogens with two attached hydrogens (primary N) is 2. The molecule has 3 aromatic carbocycles. The molecule has 3 aromatic rings. The average Bonchev–Trinajstić information content (AvgIpc) is 2.69. The summed E-state index contributed by atoms with van der Waals surface area (Å²) in [5, 5.41) is 17.5. The van der Waals surface area contributed by atoms with Crippen LogP contribution in [0.25, 0.3) is 21.5 Å². The van der Waals surface area contributed by atoms with Crippen LogP contribution in [0, 0.1) is 0 Å². The van der Waals surface area contributed by atoms with Gasteiger partial charge in [-0.15, -0.1) is 0 Å². The largest absolute Gasteiger partial charge is 0.430 e. The maximum Gasteiger partial charge on any atom is 0.430 e. The van der Waals surface area contributed by atoms with Crippen LogP contribution in [-0.4, -0.2) is 34.9 Å². The van der Waals surface area contributed by atoms with E-state index in [1.807, 2.05) is 0 Å². The summed E-state index contributed by atoms with van der Waals surface area (Å²) < 4.78 is 159. The maximum atomic E-state index is 13.3. The molecule has 0 heterocycles. The highest BCUT2D eigenvalue weighted by Gasteiger charge is 2.73. The van der Waals surface area contributed by atoms with Crippen LogP contribution in [0.2, 0.25) is 0 Å². The van der Waals surface area contributed by atoms with Crippen LogP contribution in [0.15, 0.2) is 36.4 Å². The monoisotopic (exact) mass is 540 g/mol.